The third kappa shape index (κ3) is 1.90. The van der Waals surface area contributed by atoms with E-state index in [1.165, 1.54) is 5.56 Å². The van der Waals surface area contributed by atoms with E-state index in [4.69, 9.17) is 10.5 Å². The summed E-state index contributed by atoms with van der Waals surface area (Å²) in [5.74, 6) is 0. The molecule has 2 heterocycles. The Morgan fingerprint density at radius 1 is 0.955 bits per heavy atom. The highest BCUT2D eigenvalue weighted by Crippen LogP contribution is 2.35. The zero-order valence-electron chi connectivity index (χ0n) is 11.7. The van der Waals surface area contributed by atoms with Crippen molar-refractivity contribution < 1.29 is 0 Å². The molecular weight excluding hydrogens is 272 g/mol. The average Bonchev–Trinajstić information content (AvgIpc) is 3.16. The minimum atomic E-state index is 0.168. The number of aromatic amines is 1. The van der Waals surface area contributed by atoms with Crippen LogP contribution in [0, 0.1) is 22.7 Å². The highest BCUT2D eigenvalue weighted by molar-refractivity contribution is 5.82. The second kappa shape index (κ2) is 4.65. The van der Waals surface area contributed by atoms with Crippen molar-refractivity contribution in [2.45, 2.75) is 12.5 Å². The van der Waals surface area contributed by atoms with Gasteiger partial charge in [-0.25, -0.2) is 0 Å². The maximum atomic E-state index is 8.99. The van der Waals surface area contributed by atoms with Gasteiger partial charge in [0, 0.05) is 28.7 Å². The van der Waals surface area contributed by atoms with Crippen molar-refractivity contribution in [2.75, 3.05) is 5.32 Å². The maximum Gasteiger partial charge on any atom is 0.0991 e. The lowest BCUT2D eigenvalue weighted by molar-refractivity contribution is 0.799. The van der Waals surface area contributed by atoms with Crippen molar-refractivity contribution in [1.29, 1.82) is 10.5 Å². The molecule has 0 saturated heterocycles. The Morgan fingerprint density at radius 3 is 2.55 bits per heavy atom. The summed E-state index contributed by atoms with van der Waals surface area (Å²) in [5, 5.41) is 22.5. The van der Waals surface area contributed by atoms with Crippen LogP contribution in [0.25, 0.3) is 10.9 Å². The first-order chi connectivity index (χ1) is 10.8. The smallest absolute Gasteiger partial charge is 0.0991 e. The summed E-state index contributed by atoms with van der Waals surface area (Å²) in [6.07, 6.45) is 0.850. The zero-order valence-corrected chi connectivity index (χ0v) is 11.7. The Kier molecular flexibility index (Phi) is 2.64. The van der Waals surface area contributed by atoms with Gasteiger partial charge in [0.1, 0.15) is 0 Å². The Balaban J connectivity index is 1.69. The van der Waals surface area contributed by atoms with Crippen molar-refractivity contribution in [3.05, 3.63) is 64.8 Å². The molecule has 4 rings (SSSR count). The van der Waals surface area contributed by atoms with Crippen LogP contribution < -0.4 is 5.32 Å². The molecule has 0 unspecified atom stereocenters. The summed E-state index contributed by atoms with van der Waals surface area (Å²) in [5.41, 5.74) is 5.74. The standard InChI is InChI=1S/C18H12N4/c19-9-11-1-3-15-13(5-11)7-17(21-15)18-8-14-6-12(10-20)2-4-16(14)22-18/h1-7,18,21-22H,8H2/t18-/m0/s1. The number of aromatic nitrogens is 1. The largest absolute Gasteiger partial charge is 0.376 e. The molecule has 0 bridgehead atoms. The Labute approximate surface area is 127 Å². The van der Waals surface area contributed by atoms with Gasteiger partial charge in [-0.05, 0) is 48.0 Å². The molecule has 1 aromatic heterocycles. The van der Waals surface area contributed by atoms with Crippen LogP contribution >= 0.6 is 0 Å². The molecule has 2 N–H and O–H groups in total. The lowest BCUT2D eigenvalue weighted by Gasteiger charge is -2.08. The van der Waals surface area contributed by atoms with E-state index in [0.29, 0.717) is 11.1 Å². The zero-order chi connectivity index (χ0) is 15.1. The van der Waals surface area contributed by atoms with Crippen molar-refractivity contribution in [3.63, 3.8) is 0 Å². The molecule has 1 atom stereocenters. The first-order valence-corrected chi connectivity index (χ1v) is 7.09. The number of hydrogen-bond acceptors (Lipinski definition) is 3. The van der Waals surface area contributed by atoms with Crippen molar-refractivity contribution in [3.8, 4) is 12.1 Å². The number of hydrogen-bond donors (Lipinski definition) is 2. The van der Waals surface area contributed by atoms with E-state index in [1.54, 1.807) is 0 Å². The van der Waals surface area contributed by atoms with E-state index >= 15 is 0 Å². The minimum Gasteiger partial charge on any atom is -0.376 e. The van der Waals surface area contributed by atoms with Gasteiger partial charge in [0.05, 0.1) is 29.3 Å². The topological polar surface area (TPSA) is 75.4 Å². The molecule has 1 aliphatic heterocycles. The van der Waals surface area contributed by atoms with E-state index in [1.807, 2.05) is 36.4 Å². The SMILES string of the molecule is N#Cc1ccc2c(c1)C[C@@H](c1cc3cc(C#N)ccc3[nH]1)N2. The first kappa shape index (κ1) is 12.5. The summed E-state index contributed by atoms with van der Waals surface area (Å²) < 4.78 is 0. The van der Waals surface area contributed by atoms with E-state index in [0.717, 1.165) is 28.7 Å². The predicted molar refractivity (Wildman–Crippen MR) is 84.2 cm³/mol. The Morgan fingerprint density at radius 2 is 1.73 bits per heavy atom. The number of nitrogens with zero attached hydrogens (tertiary/aromatic N) is 2. The van der Waals surface area contributed by atoms with Crippen molar-refractivity contribution in [1.82, 2.24) is 4.98 Å². The fourth-order valence-electron chi connectivity index (χ4n) is 3.03. The molecule has 1 aliphatic rings. The van der Waals surface area contributed by atoms with Crippen LogP contribution in [0.4, 0.5) is 5.69 Å². The van der Waals surface area contributed by atoms with Crippen LogP contribution in [0.2, 0.25) is 0 Å². The molecule has 22 heavy (non-hydrogen) atoms. The average molecular weight is 284 g/mol. The quantitative estimate of drug-likeness (QED) is 0.716. The lowest BCUT2D eigenvalue weighted by atomic mass is 10.1. The monoisotopic (exact) mass is 284 g/mol. The summed E-state index contributed by atoms with van der Waals surface area (Å²) >= 11 is 0. The second-order valence-electron chi connectivity index (χ2n) is 5.52. The third-order valence-corrected chi connectivity index (χ3v) is 4.13. The molecule has 0 aliphatic carbocycles. The van der Waals surface area contributed by atoms with Crippen LogP contribution in [0.15, 0.2) is 42.5 Å². The highest BCUT2D eigenvalue weighted by atomic mass is 15.0. The number of fused-ring (bicyclic) bond motifs is 2. The molecule has 104 valence electrons. The number of anilines is 1. The normalized spacial score (nSPS) is 15.8. The molecule has 4 nitrogen and oxygen atoms in total. The van der Waals surface area contributed by atoms with E-state index in [9.17, 15) is 0 Å². The van der Waals surface area contributed by atoms with Crippen molar-refractivity contribution >= 4 is 16.6 Å². The van der Waals surface area contributed by atoms with Gasteiger partial charge in [0.25, 0.3) is 0 Å². The molecule has 0 radical (unpaired) electrons. The lowest BCUT2D eigenvalue weighted by Crippen LogP contribution is -2.05. The molecule has 0 amide bonds. The molecule has 4 heteroatoms. The predicted octanol–water partition coefficient (Wildman–Crippen LogP) is 3.62. The molecule has 2 aromatic carbocycles. The second-order valence-corrected chi connectivity index (χ2v) is 5.52. The van der Waals surface area contributed by atoms with Gasteiger partial charge < -0.3 is 10.3 Å². The van der Waals surface area contributed by atoms with Gasteiger partial charge in [0.15, 0.2) is 0 Å². The van der Waals surface area contributed by atoms with Crippen LogP contribution in [-0.4, -0.2) is 4.98 Å². The van der Waals surface area contributed by atoms with Crippen LogP contribution in [0.3, 0.4) is 0 Å². The van der Waals surface area contributed by atoms with E-state index in [-0.39, 0.29) is 6.04 Å². The minimum absolute atomic E-state index is 0.168. The van der Waals surface area contributed by atoms with Gasteiger partial charge >= 0.3 is 0 Å². The number of benzene rings is 2. The first-order valence-electron chi connectivity index (χ1n) is 7.09. The van der Waals surface area contributed by atoms with Crippen LogP contribution in [0.5, 0.6) is 0 Å². The molecule has 3 aromatic rings. The summed E-state index contributed by atoms with van der Waals surface area (Å²) in [4.78, 5) is 3.42. The third-order valence-electron chi connectivity index (χ3n) is 4.13. The highest BCUT2D eigenvalue weighted by Gasteiger charge is 2.23. The van der Waals surface area contributed by atoms with Gasteiger partial charge in [-0.1, -0.05) is 0 Å². The molecule has 0 fully saturated rings. The Hall–Kier alpha value is -3.24. The fourth-order valence-corrected chi connectivity index (χ4v) is 3.03. The maximum absolute atomic E-state index is 8.99. The van der Waals surface area contributed by atoms with Crippen LogP contribution in [-0.2, 0) is 6.42 Å². The summed E-state index contributed by atoms with van der Waals surface area (Å²) in [7, 11) is 0. The van der Waals surface area contributed by atoms with E-state index in [2.05, 4.69) is 28.5 Å². The van der Waals surface area contributed by atoms with Crippen molar-refractivity contribution in [2.24, 2.45) is 0 Å². The molecule has 0 spiro atoms. The number of H-pyrrole nitrogens is 1. The van der Waals surface area contributed by atoms with Gasteiger partial charge in [-0.15, -0.1) is 0 Å². The Bertz CT molecular complexity index is 969. The number of nitrogens with one attached hydrogen (secondary N) is 2. The van der Waals surface area contributed by atoms with Gasteiger partial charge in [0.2, 0.25) is 0 Å². The fraction of sp³-hybridized carbons (Fsp3) is 0.111. The van der Waals surface area contributed by atoms with E-state index < -0.39 is 0 Å². The molecular formula is C18H12N4. The number of nitriles is 2. The molecule has 0 saturated carbocycles. The van der Waals surface area contributed by atoms with Crippen LogP contribution in [0.1, 0.15) is 28.4 Å². The van der Waals surface area contributed by atoms with Gasteiger partial charge in [-0.2, -0.15) is 10.5 Å². The summed E-state index contributed by atoms with van der Waals surface area (Å²) in [6.45, 7) is 0. The summed E-state index contributed by atoms with van der Waals surface area (Å²) in [6, 6.07) is 18.0. The number of rotatable bonds is 1. The van der Waals surface area contributed by atoms with Gasteiger partial charge in [-0.3, -0.25) is 0 Å².